The summed E-state index contributed by atoms with van der Waals surface area (Å²) in [7, 11) is 0. The third-order valence-electron chi connectivity index (χ3n) is 3.67. The quantitative estimate of drug-likeness (QED) is 0.715. The van der Waals surface area contributed by atoms with E-state index in [1.165, 1.54) is 24.3 Å². The van der Waals surface area contributed by atoms with Crippen LogP contribution in [0.1, 0.15) is 17.0 Å². The van der Waals surface area contributed by atoms with Crippen molar-refractivity contribution in [2.75, 3.05) is 0 Å². The first-order valence-corrected chi connectivity index (χ1v) is 8.03. The van der Waals surface area contributed by atoms with Crippen molar-refractivity contribution in [3.63, 3.8) is 0 Å². The maximum atomic E-state index is 11.9. The van der Waals surface area contributed by atoms with E-state index in [1.807, 2.05) is 0 Å². The van der Waals surface area contributed by atoms with Gasteiger partial charge in [0.05, 0.1) is 17.7 Å². The van der Waals surface area contributed by atoms with Gasteiger partial charge in [-0.25, -0.2) is 4.79 Å². The Hall–Kier alpha value is -3.08. The number of aromatic hydroxyl groups is 1. The molecule has 0 aliphatic rings. The van der Waals surface area contributed by atoms with Crippen LogP contribution < -0.4 is 11.2 Å². The number of nitrogens with zero attached hydrogens (tertiary/aromatic N) is 3. The summed E-state index contributed by atoms with van der Waals surface area (Å²) in [4.78, 5) is 25.1. The Morgan fingerprint density at radius 2 is 1.77 bits per heavy atom. The van der Waals surface area contributed by atoms with Crippen molar-refractivity contribution < 1.29 is 5.11 Å². The van der Waals surface area contributed by atoms with Crippen molar-refractivity contribution in [2.24, 2.45) is 0 Å². The predicted octanol–water partition coefficient (Wildman–Crippen LogP) is 2.59. The maximum absolute atomic E-state index is 11.9. The van der Waals surface area contributed by atoms with Crippen LogP contribution in [0.15, 0.2) is 52.2 Å². The summed E-state index contributed by atoms with van der Waals surface area (Å²) < 4.78 is 0.935. The number of H-pyrrole nitrogens is 1. The molecule has 7 nitrogen and oxygen atoms in total. The van der Waals surface area contributed by atoms with Gasteiger partial charge in [0.1, 0.15) is 11.9 Å². The van der Waals surface area contributed by atoms with E-state index in [1.54, 1.807) is 12.1 Å². The molecular weight excluding hydrogens is 379 g/mol. The van der Waals surface area contributed by atoms with Gasteiger partial charge < -0.3 is 5.11 Å². The Balaban J connectivity index is 2.12. The molecule has 0 saturated heterocycles. The third kappa shape index (κ3) is 3.33. The van der Waals surface area contributed by atoms with Gasteiger partial charge in [-0.2, -0.15) is 15.0 Å². The van der Waals surface area contributed by atoms with Crippen LogP contribution >= 0.6 is 23.2 Å². The van der Waals surface area contributed by atoms with Gasteiger partial charge in [0.15, 0.2) is 0 Å². The van der Waals surface area contributed by atoms with E-state index in [2.05, 4.69) is 16.2 Å². The fraction of sp³-hybridized carbons (Fsp3) is 0.0588. The number of hydrogen-bond acceptors (Lipinski definition) is 5. The lowest BCUT2D eigenvalue weighted by atomic mass is 9.92. The molecule has 3 rings (SSSR count). The summed E-state index contributed by atoms with van der Waals surface area (Å²) in [5.41, 5.74) is -0.166. The first-order valence-electron chi connectivity index (χ1n) is 7.27. The Morgan fingerprint density at radius 3 is 2.31 bits per heavy atom. The number of aromatic nitrogens is 3. The summed E-state index contributed by atoms with van der Waals surface area (Å²) in [6.45, 7) is 0. The van der Waals surface area contributed by atoms with Gasteiger partial charge in [0, 0.05) is 15.6 Å². The molecule has 0 bridgehead atoms. The van der Waals surface area contributed by atoms with Gasteiger partial charge >= 0.3 is 5.69 Å². The minimum Gasteiger partial charge on any atom is -0.508 e. The van der Waals surface area contributed by atoms with E-state index < -0.39 is 17.2 Å². The second-order valence-electron chi connectivity index (χ2n) is 5.33. The highest BCUT2D eigenvalue weighted by molar-refractivity contribution is 6.36. The van der Waals surface area contributed by atoms with Crippen LogP contribution in [0.2, 0.25) is 10.0 Å². The lowest BCUT2D eigenvalue weighted by Crippen LogP contribution is -2.30. The van der Waals surface area contributed by atoms with E-state index in [4.69, 9.17) is 23.2 Å². The van der Waals surface area contributed by atoms with Crippen molar-refractivity contribution in [2.45, 2.75) is 5.92 Å². The third-order valence-corrected chi connectivity index (χ3v) is 4.29. The Bertz CT molecular complexity index is 1110. The van der Waals surface area contributed by atoms with Gasteiger partial charge in [0.2, 0.25) is 0 Å². The summed E-state index contributed by atoms with van der Waals surface area (Å²) in [6.07, 6.45) is 0.950. The number of phenolic OH excluding ortho intramolecular Hbond substituents is 1. The highest BCUT2D eigenvalue weighted by Gasteiger charge is 2.21. The fourth-order valence-electron chi connectivity index (χ4n) is 2.48. The molecule has 0 saturated carbocycles. The summed E-state index contributed by atoms with van der Waals surface area (Å²) in [5.74, 6) is -0.702. The highest BCUT2D eigenvalue weighted by atomic mass is 35.5. The molecule has 1 heterocycles. The van der Waals surface area contributed by atoms with Crippen molar-refractivity contribution in [1.82, 2.24) is 14.8 Å². The molecule has 1 aromatic heterocycles. The Morgan fingerprint density at radius 1 is 1.15 bits per heavy atom. The van der Waals surface area contributed by atoms with Crippen LogP contribution in [0.25, 0.3) is 5.69 Å². The molecule has 0 aliphatic carbocycles. The van der Waals surface area contributed by atoms with Gasteiger partial charge in [-0.1, -0.05) is 35.3 Å². The molecule has 2 aromatic carbocycles. The van der Waals surface area contributed by atoms with Gasteiger partial charge in [-0.05, 0) is 29.8 Å². The molecule has 0 amide bonds. The van der Waals surface area contributed by atoms with Crippen LogP contribution in [0.5, 0.6) is 5.75 Å². The van der Waals surface area contributed by atoms with Gasteiger partial charge in [-0.15, -0.1) is 0 Å². The predicted molar refractivity (Wildman–Crippen MR) is 96.0 cm³/mol. The average Bonchev–Trinajstić information content (AvgIpc) is 2.59. The molecule has 0 fully saturated rings. The molecule has 0 radical (unpaired) electrons. The lowest BCUT2D eigenvalue weighted by Gasteiger charge is -2.15. The Labute approximate surface area is 156 Å². The number of aromatic amines is 1. The smallest absolute Gasteiger partial charge is 0.349 e. The molecule has 2 N–H and O–H groups in total. The Kier molecular flexibility index (Phi) is 4.80. The summed E-state index contributed by atoms with van der Waals surface area (Å²) >= 11 is 12.6. The molecule has 1 atom stereocenters. The maximum Gasteiger partial charge on any atom is 0.349 e. The molecule has 9 heteroatoms. The number of benzene rings is 2. The number of halogens is 2. The molecule has 0 spiro atoms. The van der Waals surface area contributed by atoms with Crippen molar-refractivity contribution >= 4 is 23.2 Å². The zero-order valence-electron chi connectivity index (χ0n) is 13.0. The molecule has 26 heavy (non-hydrogen) atoms. The molecule has 130 valence electrons. The second-order valence-corrected chi connectivity index (χ2v) is 6.14. The standard InChI is InChI=1S/C17H10Cl2N4O3/c18-13-5-10(23-17(26)22-15(25)8-21-23)6-14(19)16(13)12(7-20)9-1-3-11(24)4-2-9/h1-6,8,12,24H,(H,22,25,26). The number of hydrogen-bond donors (Lipinski definition) is 2. The monoisotopic (exact) mass is 388 g/mol. The van der Waals surface area contributed by atoms with E-state index in [0.29, 0.717) is 11.1 Å². The number of phenols is 1. The number of rotatable bonds is 3. The zero-order chi connectivity index (χ0) is 18.8. The topological polar surface area (TPSA) is 112 Å². The fourth-order valence-corrected chi connectivity index (χ4v) is 3.17. The van der Waals surface area contributed by atoms with Crippen LogP contribution in [0.4, 0.5) is 0 Å². The number of nitriles is 1. The average molecular weight is 389 g/mol. The molecule has 1 unspecified atom stereocenters. The van der Waals surface area contributed by atoms with Crippen molar-refractivity contribution in [1.29, 1.82) is 5.26 Å². The first-order chi connectivity index (χ1) is 12.4. The summed E-state index contributed by atoms with van der Waals surface area (Å²) in [5, 5.41) is 23.0. The lowest BCUT2D eigenvalue weighted by molar-refractivity contribution is 0.475. The van der Waals surface area contributed by atoms with E-state index in [-0.39, 0.29) is 21.5 Å². The van der Waals surface area contributed by atoms with Crippen LogP contribution in [-0.2, 0) is 0 Å². The van der Waals surface area contributed by atoms with Crippen LogP contribution in [-0.4, -0.2) is 19.9 Å². The van der Waals surface area contributed by atoms with E-state index in [0.717, 1.165) is 10.9 Å². The van der Waals surface area contributed by atoms with Gasteiger partial charge in [-0.3, -0.25) is 9.78 Å². The summed E-state index contributed by atoms with van der Waals surface area (Å²) in [6, 6.07) is 11.1. The molecule has 3 aromatic rings. The minimum absolute atomic E-state index is 0.0708. The van der Waals surface area contributed by atoms with Crippen LogP contribution in [0, 0.1) is 11.3 Å². The van der Waals surface area contributed by atoms with E-state index in [9.17, 15) is 20.0 Å². The highest BCUT2D eigenvalue weighted by Crippen LogP contribution is 2.37. The largest absolute Gasteiger partial charge is 0.508 e. The normalized spacial score (nSPS) is 11.7. The molecular formula is C17H10Cl2N4O3. The van der Waals surface area contributed by atoms with Gasteiger partial charge in [0.25, 0.3) is 5.56 Å². The molecule has 0 aliphatic heterocycles. The van der Waals surface area contributed by atoms with E-state index >= 15 is 0 Å². The SMILES string of the molecule is N#CC(c1ccc(O)cc1)c1c(Cl)cc(-n2ncc(=O)[nH]c2=O)cc1Cl. The van der Waals surface area contributed by atoms with Crippen molar-refractivity contribution in [3.8, 4) is 17.5 Å². The first kappa shape index (κ1) is 17.7. The second kappa shape index (κ2) is 7.04. The van der Waals surface area contributed by atoms with Crippen molar-refractivity contribution in [3.05, 3.63) is 84.6 Å². The minimum atomic E-state index is -0.773. The number of nitrogens with one attached hydrogen (secondary N) is 1. The van der Waals surface area contributed by atoms with Crippen LogP contribution in [0.3, 0.4) is 0 Å². The zero-order valence-corrected chi connectivity index (χ0v) is 14.5.